The molecule has 0 heterocycles. The third kappa shape index (κ3) is 13.0. The Morgan fingerprint density at radius 3 is 1.59 bits per heavy atom. The van der Waals surface area contributed by atoms with Crippen molar-refractivity contribution in [3.63, 3.8) is 0 Å². The van der Waals surface area contributed by atoms with Gasteiger partial charge in [-0.3, -0.25) is 18.9 Å². The first-order valence-corrected chi connectivity index (χ1v) is 25.7. The Morgan fingerprint density at radius 2 is 1.07 bits per heavy atom. The number of nitrogens with zero attached hydrogens (tertiary/aromatic N) is 5. The van der Waals surface area contributed by atoms with Crippen LogP contribution in [0.3, 0.4) is 0 Å². The fourth-order valence-corrected chi connectivity index (χ4v) is 10.5. The van der Waals surface area contributed by atoms with E-state index in [-0.39, 0.29) is 122 Å². The van der Waals surface area contributed by atoms with E-state index in [1.807, 2.05) is 0 Å². The van der Waals surface area contributed by atoms with Gasteiger partial charge in [0.1, 0.15) is 32.7 Å². The van der Waals surface area contributed by atoms with Crippen molar-refractivity contribution in [2.75, 3.05) is 19.5 Å². The van der Waals surface area contributed by atoms with Crippen LogP contribution < -0.4 is 25.0 Å². The van der Waals surface area contributed by atoms with Crippen molar-refractivity contribution in [1.29, 1.82) is 0 Å². The number of nitrogens with one attached hydrogen (secondary N) is 1. The summed E-state index contributed by atoms with van der Waals surface area (Å²) < 4.78 is 77.4. The van der Waals surface area contributed by atoms with Gasteiger partial charge >= 0.3 is 48.9 Å². The van der Waals surface area contributed by atoms with Crippen LogP contribution in [0.4, 0.5) is 34.1 Å². The largest absolute Gasteiger partial charge is 2.00 e. The van der Waals surface area contributed by atoms with Crippen molar-refractivity contribution < 1.29 is 55.5 Å². The average Bonchev–Trinajstić information content (AvgIpc) is 3.37. The number of para-hydroxylation sites is 4. The summed E-state index contributed by atoms with van der Waals surface area (Å²) in [4.78, 5) is 16.3. The average molecular weight is 1220 g/mol. The van der Waals surface area contributed by atoms with Gasteiger partial charge in [0.05, 0.1) is 52.6 Å². The molecule has 8 aromatic carbocycles. The quantitative estimate of drug-likeness (QED) is 0.0260. The molecule has 0 aromatic heterocycles. The molecule has 0 aliphatic heterocycles. The number of halogens is 2. The van der Waals surface area contributed by atoms with E-state index in [0.29, 0.717) is 38.7 Å². The first kappa shape index (κ1) is 57.9. The van der Waals surface area contributed by atoms with Gasteiger partial charge in [-0.25, -0.2) is 0 Å². The van der Waals surface area contributed by atoms with Crippen LogP contribution in [0.15, 0.2) is 169 Å². The van der Waals surface area contributed by atoms with E-state index in [0.717, 1.165) is 0 Å². The third-order valence-corrected chi connectivity index (χ3v) is 14.0. The fraction of sp³-hybridized carbons (Fsp3) is 0.115. The minimum absolute atomic E-state index is 0. The summed E-state index contributed by atoms with van der Waals surface area (Å²) in [5.74, 6) is -1.69. The van der Waals surface area contributed by atoms with E-state index in [1.165, 1.54) is 50.6 Å². The standard InChI is InChI=1S/2C26H22ClN3O6S.Ba/c2*1-3-16-20(13-12-19(27)25(16)37(33,34)35)29-30-23-17-9-5-4-8-15(17)14-18(24(23)31)26(32)28-21-10-6-7-11-22(21)36-2;/h2*4-14,31H,3H2,1-2H3,(H,28,32)(H,33,34,35);/q;;+2/p-2. The molecule has 18 nitrogen and oxygen atoms in total. The Bertz CT molecular complexity index is 3830. The summed E-state index contributed by atoms with van der Waals surface area (Å²) in [6, 6.07) is 35.7. The van der Waals surface area contributed by atoms with Crippen LogP contribution in [0.1, 0.15) is 40.9 Å². The smallest absolute Gasteiger partial charge is 0.871 e. The number of amides is 1. The summed E-state index contributed by atoms with van der Waals surface area (Å²) in [5, 5.41) is 58.7. The van der Waals surface area contributed by atoms with E-state index >= 15 is 0 Å². The Labute approximate surface area is 481 Å². The maximum atomic E-state index is 13.4. The zero-order valence-corrected chi connectivity index (χ0v) is 47.7. The molecule has 0 radical (unpaired) electrons. The van der Waals surface area contributed by atoms with E-state index in [4.69, 9.17) is 32.7 Å². The number of ether oxygens (including phenoxy) is 2. The summed E-state index contributed by atoms with van der Waals surface area (Å²) in [5.41, 5.74) is 0.810. The molecule has 0 aliphatic carbocycles. The number of methoxy groups -OCH3 is 2. The molecule has 75 heavy (non-hydrogen) atoms. The van der Waals surface area contributed by atoms with Gasteiger partial charge in [-0.1, -0.05) is 116 Å². The van der Waals surface area contributed by atoms with Gasteiger partial charge in [0.2, 0.25) is 0 Å². The molecular formula is C52H42BaCl2N6O12S2. The van der Waals surface area contributed by atoms with Crippen LogP contribution in [0.5, 0.6) is 23.0 Å². The molecule has 380 valence electrons. The minimum Gasteiger partial charge on any atom is -0.871 e. The number of benzene rings is 8. The molecule has 23 heteroatoms. The Morgan fingerprint density at radius 1 is 0.613 bits per heavy atom. The Balaban J connectivity index is 0.000000241. The molecule has 1 amide bonds. The van der Waals surface area contributed by atoms with Crippen molar-refractivity contribution in [2.24, 2.45) is 25.4 Å². The van der Waals surface area contributed by atoms with Crippen LogP contribution in [0, 0.1) is 0 Å². The zero-order valence-electron chi connectivity index (χ0n) is 40.1. The molecule has 8 aromatic rings. The molecule has 0 spiro atoms. The van der Waals surface area contributed by atoms with Gasteiger partial charge in [0, 0.05) is 21.9 Å². The Kier molecular flexibility index (Phi) is 19.3. The predicted molar refractivity (Wildman–Crippen MR) is 285 cm³/mol. The number of fused-ring (bicyclic) bond motifs is 2. The summed E-state index contributed by atoms with van der Waals surface area (Å²) in [7, 11) is -6.34. The molecule has 0 saturated carbocycles. The van der Waals surface area contributed by atoms with Crippen LogP contribution in [0.25, 0.3) is 21.5 Å². The minimum atomic E-state index is -4.64. The zero-order chi connectivity index (χ0) is 53.5. The molecule has 0 fully saturated rings. The van der Waals surface area contributed by atoms with Crippen molar-refractivity contribution in [1.82, 2.24) is 0 Å². The van der Waals surface area contributed by atoms with Crippen LogP contribution in [0.2, 0.25) is 10.0 Å². The number of azo groups is 2. The number of hydrogen-bond acceptors (Lipinski definition) is 15. The topological polar surface area (TPSA) is 284 Å². The SMILES string of the molecule is CCc1c(N=Nc2c(O)c(C(=O)Nc3ccccc3OC)cc3ccccc23)ccc(Cl)c1S(=O)(=O)O.CCc1c(N=Nc2c([O-])c(C([O-])=Nc3ccccc3OC)cc3ccccc23)ccc(Cl)c1S(=O)(=O)O.[Ba+2]. The number of carbonyl (C=O) groups is 1. The second-order valence-electron chi connectivity index (χ2n) is 15.7. The van der Waals surface area contributed by atoms with Gasteiger partial charge < -0.3 is 30.1 Å². The number of phenolic OH excluding ortho intramolecular Hbond substituents is 1. The molecule has 0 unspecified atom stereocenters. The number of phenols is 1. The van der Waals surface area contributed by atoms with E-state index in [1.54, 1.807) is 111 Å². The van der Waals surface area contributed by atoms with Crippen molar-refractivity contribution in [2.45, 2.75) is 36.5 Å². The second-order valence-corrected chi connectivity index (χ2v) is 19.2. The van der Waals surface area contributed by atoms with Gasteiger partial charge in [-0.2, -0.15) is 32.2 Å². The molecule has 0 aliphatic rings. The summed E-state index contributed by atoms with van der Waals surface area (Å²) in [6.07, 6.45) is 0.337. The van der Waals surface area contributed by atoms with E-state index < -0.39 is 53.3 Å². The van der Waals surface area contributed by atoms with Crippen molar-refractivity contribution in [3.05, 3.63) is 166 Å². The Hall–Kier alpha value is -6.41. The molecule has 4 N–H and O–H groups in total. The number of hydrogen-bond donors (Lipinski definition) is 4. The molecule has 0 atom stereocenters. The first-order valence-electron chi connectivity index (χ1n) is 22.0. The van der Waals surface area contributed by atoms with E-state index in [9.17, 15) is 46.1 Å². The van der Waals surface area contributed by atoms with Crippen molar-refractivity contribution in [3.8, 4) is 23.0 Å². The van der Waals surface area contributed by atoms with Crippen LogP contribution in [-0.2, 0) is 33.1 Å². The number of rotatable bonds is 14. The summed E-state index contributed by atoms with van der Waals surface area (Å²) >= 11 is 12.0. The van der Waals surface area contributed by atoms with E-state index in [2.05, 4.69) is 30.8 Å². The molecule has 0 saturated heterocycles. The molecule has 8 rings (SSSR count). The number of aromatic hydroxyl groups is 1. The normalized spacial score (nSPS) is 11.9. The van der Waals surface area contributed by atoms with Gasteiger partial charge in [-0.15, -0.1) is 5.11 Å². The molecular weight excluding hydrogens is 1170 g/mol. The maximum Gasteiger partial charge on any atom is 2.00 e. The first-order chi connectivity index (χ1) is 35.3. The molecule has 0 bridgehead atoms. The van der Waals surface area contributed by atoms with Crippen molar-refractivity contribution >= 4 is 160 Å². The summed E-state index contributed by atoms with van der Waals surface area (Å²) in [6.45, 7) is 3.33. The van der Waals surface area contributed by atoms with Crippen LogP contribution >= 0.6 is 23.2 Å². The predicted octanol–water partition coefficient (Wildman–Crippen LogP) is 11.5. The monoisotopic (exact) mass is 1210 g/mol. The van der Waals surface area contributed by atoms with Gasteiger partial charge in [0.15, 0.2) is 5.75 Å². The fourth-order valence-electron chi connectivity index (χ4n) is 7.80. The number of aliphatic imine (C=N–C) groups is 1. The number of carbonyl (C=O) groups excluding carboxylic acids is 1. The maximum absolute atomic E-state index is 13.4. The van der Waals surface area contributed by atoms with Gasteiger partial charge in [0.25, 0.3) is 26.1 Å². The second kappa shape index (κ2) is 25.0. The van der Waals surface area contributed by atoms with Gasteiger partial charge in [-0.05, 0) is 95.7 Å². The number of anilines is 1. The van der Waals surface area contributed by atoms with Crippen LogP contribution in [-0.4, -0.2) is 106 Å². The third-order valence-electron chi connectivity index (χ3n) is 11.2.